The first-order chi connectivity index (χ1) is 9.28. The number of benzene rings is 1. The van der Waals surface area contributed by atoms with Crippen molar-refractivity contribution < 1.29 is 0 Å². The Kier molecular flexibility index (Phi) is 2.85. The average Bonchev–Trinajstić information content (AvgIpc) is 2.87. The zero-order chi connectivity index (χ0) is 13.2. The summed E-state index contributed by atoms with van der Waals surface area (Å²) in [4.78, 5) is 15.5. The van der Waals surface area contributed by atoms with Crippen LogP contribution in [-0.2, 0) is 6.42 Å². The fourth-order valence-electron chi connectivity index (χ4n) is 2.05. The highest BCUT2D eigenvalue weighted by atomic mass is 15.1. The Hall–Kier alpha value is -2.47. The standard InChI is InChI=1S/C13H14N6/c14-6-5-8-1-3-9(4-2-8)10-11-12(17-7-16-11)19-13(15)18-10/h1-4,7H,5-6,14H2,(H3,15,16,17,18,19). The van der Waals surface area contributed by atoms with Crippen molar-refractivity contribution in [3.8, 4) is 11.3 Å². The number of nitrogens with one attached hydrogen (secondary N) is 1. The van der Waals surface area contributed by atoms with E-state index in [9.17, 15) is 0 Å². The Morgan fingerprint density at radius 3 is 2.63 bits per heavy atom. The predicted molar refractivity (Wildman–Crippen MR) is 74.3 cm³/mol. The average molecular weight is 254 g/mol. The molecule has 0 atom stereocenters. The summed E-state index contributed by atoms with van der Waals surface area (Å²) in [6.07, 6.45) is 2.46. The van der Waals surface area contributed by atoms with Crippen LogP contribution in [0.15, 0.2) is 30.6 Å². The SMILES string of the molecule is NCCc1ccc(-c2nc(N)nc3nc[nH]c23)cc1. The van der Waals surface area contributed by atoms with Gasteiger partial charge in [-0.1, -0.05) is 24.3 Å². The Morgan fingerprint density at radius 2 is 1.89 bits per heavy atom. The minimum atomic E-state index is 0.223. The van der Waals surface area contributed by atoms with Gasteiger partial charge >= 0.3 is 0 Å². The quantitative estimate of drug-likeness (QED) is 0.649. The summed E-state index contributed by atoms with van der Waals surface area (Å²) in [5.74, 6) is 0.223. The lowest BCUT2D eigenvalue weighted by molar-refractivity contribution is 0.969. The molecule has 0 saturated heterocycles. The second-order valence-electron chi connectivity index (χ2n) is 4.27. The fraction of sp³-hybridized carbons (Fsp3) is 0.154. The maximum absolute atomic E-state index is 5.71. The number of imidazole rings is 1. The number of nitrogens with zero attached hydrogens (tertiary/aromatic N) is 3. The van der Waals surface area contributed by atoms with Crippen LogP contribution >= 0.6 is 0 Å². The van der Waals surface area contributed by atoms with Gasteiger partial charge in [0.05, 0.1) is 6.33 Å². The van der Waals surface area contributed by atoms with Gasteiger partial charge in [0.2, 0.25) is 5.95 Å². The molecule has 6 nitrogen and oxygen atoms in total. The number of fused-ring (bicyclic) bond motifs is 1. The van der Waals surface area contributed by atoms with E-state index < -0.39 is 0 Å². The number of nitrogen functional groups attached to an aromatic ring is 1. The molecule has 6 heteroatoms. The van der Waals surface area contributed by atoms with Crippen molar-refractivity contribution in [3.05, 3.63) is 36.2 Å². The molecule has 0 saturated carbocycles. The molecule has 0 radical (unpaired) electrons. The van der Waals surface area contributed by atoms with E-state index in [0.717, 1.165) is 23.2 Å². The van der Waals surface area contributed by atoms with Crippen LogP contribution in [0.1, 0.15) is 5.56 Å². The van der Waals surface area contributed by atoms with Gasteiger partial charge in [0.25, 0.3) is 0 Å². The lowest BCUT2D eigenvalue weighted by Gasteiger charge is -2.05. The van der Waals surface area contributed by atoms with Crippen molar-refractivity contribution in [2.45, 2.75) is 6.42 Å². The summed E-state index contributed by atoms with van der Waals surface area (Å²) >= 11 is 0. The van der Waals surface area contributed by atoms with E-state index in [1.807, 2.05) is 24.3 Å². The van der Waals surface area contributed by atoms with Crippen molar-refractivity contribution in [2.24, 2.45) is 5.73 Å². The van der Waals surface area contributed by atoms with E-state index in [-0.39, 0.29) is 5.95 Å². The van der Waals surface area contributed by atoms with E-state index in [2.05, 4.69) is 19.9 Å². The summed E-state index contributed by atoms with van der Waals surface area (Å²) in [5.41, 5.74) is 15.6. The fourth-order valence-corrected chi connectivity index (χ4v) is 2.05. The van der Waals surface area contributed by atoms with Crippen LogP contribution in [0.2, 0.25) is 0 Å². The minimum Gasteiger partial charge on any atom is -0.368 e. The van der Waals surface area contributed by atoms with E-state index in [1.54, 1.807) is 6.33 Å². The number of aromatic nitrogens is 4. The van der Waals surface area contributed by atoms with Crippen molar-refractivity contribution in [1.29, 1.82) is 0 Å². The molecular formula is C13H14N6. The van der Waals surface area contributed by atoms with Crippen LogP contribution in [0.4, 0.5) is 5.95 Å². The first kappa shape index (κ1) is 11.6. The highest BCUT2D eigenvalue weighted by molar-refractivity contribution is 5.87. The van der Waals surface area contributed by atoms with Crippen LogP contribution in [-0.4, -0.2) is 26.5 Å². The second-order valence-corrected chi connectivity index (χ2v) is 4.27. The lowest BCUT2D eigenvalue weighted by Crippen LogP contribution is -2.02. The van der Waals surface area contributed by atoms with E-state index in [0.29, 0.717) is 12.2 Å². The molecule has 0 amide bonds. The minimum absolute atomic E-state index is 0.223. The van der Waals surface area contributed by atoms with Crippen LogP contribution in [0, 0.1) is 0 Å². The molecule has 0 unspecified atom stereocenters. The topological polar surface area (TPSA) is 106 Å². The Bertz CT molecular complexity index is 701. The molecular weight excluding hydrogens is 240 g/mol. The van der Waals surface area contributed by atoms with Gasteiger partial charge in [-0.2, -0.15) is 4.98 Å². The van der Waals surface area contributed by atoms with Crippen molar-refractivity contribution >= 4 is 17.1 Å². The second kappa shape index (κ2) is 4.66. The monoisotopic (exact) mass is 254 g/mol. The van der Waals surface area contributed by atoms with Gasteiger partial charge in [0.1, 0.15) is 11.2 Å². The highest BCUT2D eigenvalue weighted by Crippen LogP contribution is 2.24. The molecule has 3 aromatic rings. The van der Waals surface area contributed by atoms with Gasteiger partial charge in [0.15, 0.2) is 5.65 Å². The molecule has 0 fully saturated rings. The normalized spacial score (nSPS) is 11.0. The van der Waals surface area contributed by atoms with Crippen LogP contribution in [0.3, 0.4) is 0 Å². The summed E-state index contributed by atoms with van der Waals surface area (Å²) in [6.45, 7) is 0.643. The zero-order valence-electron chi connectivity index (χ0n) is 10.3. The smallest absolute Gasteiger partial charge is 0.222 e. The maximum atomic E-state index is 5.71. The van der Waals surface area contributed by atoms with Crippen molar-refractivity contribution in [1.82, 2.24) is 19.9 Å². The Labute approximate surface area is 109 Å². The maximum Gasteiger partial charge on any atom is 0.222 e. The molecule has 0 spiro atoms. The van der Waals surface area contributed by atoms with Crippen LogP contribution in [0.25, 0.3) is 22.4 Å². The van der Waals surface area contributed by atoms with E-state index in [4.69, 9.17) is 11.5 Å². The van der Waals surface area contributed by atoms with Crippen LogP contribution in [0.5, 0.6) is 0 Å². The first-order valence-electron chi connectivity index (χ1n) is 6.04. The Balaban J connectivity index is 2.10. The van der Waals surface area contributed by atoms with Crippen molar-refractivity contribution in [3.63, 3.8) is 0 Å². The number of hydrogen-bond acceptors (Lipinski definition) is 5. The summed E-state index contributed by atoms with van der Waals surface area (Å²) in [5, 5.41) is 0. The number of anilines is 1. The summed E-state index contributed by atoms with van der Waals surface area (Å²) in [7, 11) is 0. The highest BCUT2D eigenvalue weighted by Gasteiger charge is 2.10. The van der Waals surface area contributed by atoms with Gasteiger partial charge in [-0.3, -0.25) is 0 Å². The molecule has 96 valence electrons. The molecule has 0 bridgehead atoms. The third kappa shape index (κ3) is 2.13. The molecule has 2 heterocycles. The molecule has 1 aromatic carbocycles. The molecule has 0 aliphatic carbocycles. The number of rotatable bonds is 3. The van der Waals surface area contributed by atoms with E-state index in [1.165, 1.54) is 5.56 Å². The largest absolute Gasteiger partial charge is 0.368 e. The third-order valence-corrected chi connectivity index (χ3v) is 2.96. The Morgan fingerprint density at radius 1 is 1.11 bits per heavy atom. The summed E-state index contributed by atoms with van der Waals surface area (Å²) < 4.78 is 0. The molecule has 3 rings (SSSR count). The number of hydrogen-bond donors (Lipinski definition) is 3. The lowest BCUT2D eigenvalue weighted by atomic mass is 10.1. The predicted octanol–water partition coefficient (Wildman–Crippen LogP) is 1.10. The molecule has 2 aromatic heterocycles. The third-order valence-electron chi connectivity index (χ3n) is 2.96. The first-order valence-corrected chi connectivity index (χ1v) is 6.04. The van der Waals surface area contributed by atoms with Crippen LogP contribution < -0.4 is 11.5 Å². The zero-order valence-corrected chi connectivity index (χ0v) is 10.3. The summed E-state index contributed by atoms with van der Waals surface area (Å²) in [6, 6.07) is 8.10. The molecule has 0 aliphatic heterocycles. The van der Waals surface area contributed by atoms with E-state index >= 15 is 0 Å². The van der Waals surface area contributed by atoms with Crippen molar-refractivity contribution in [2.75, 3.05) is 12.3 Å². The molecule has 19 heavy (non-hydrogen) atoms. The van der Waals surface area contributed by atoms with Gasteiger partial charge in [-0.05, 0) is 18.5 Å². The van der Waals surface area contributed by atoms with Gasteiger partial charge in [-0.15, -0.1) is 0 Å². The van der Waals surface area contributed by atoms with Gasteiger partial charge in [-0.25, -0.2) is 9.97 Å². The number of aromatic amines is 1. The van der Waals surface area contributed by atoms with Gasteiger partial charge in [0, 0.05) is 5.56 Å². The number of H-pyrrole nitrogens is 1. The number of nitrogens with two attached hydrogens (primary N) is 2. The van der Waals surface area contributed by atoms with Gasteiger partial charge < -0.3 is 16.5 Å². The molecule has 5 N–H and O–H groups in total. The molecule has 0 aliphatic rings.